The van der Waals surface area contributed by atoms with E-state index in [9.17, 15) is 27.6 Å². The van der Waals surface area contributed by atoms with Crippen molar-refractivity contribution < 1.29 is 32.3 Å². The molecule has 2 aromatic rings. The van der Waals surface area contributed by atoms with Gasteiger partial charge in [-0.25, -0.2) is 0 Å². The minimum Gasteiger partial charge on any atom is -0.456 e. The highest BCUT2D eigenvalue weighted by molar-refractivity contribution is 6.22. The van der Waals surface area contributed by atoms with Gasteiger partial charge in [-0.1, -0.05) is 30.3 Å². The normalized spacial score (nSPS) is 14.9. The minimum atomic E-state index is -4.60. The van der Waals surface area contributed by atoms with Gasteiger partial charge in [-0.2, -0.15) is 13.2 Å². The van der Waals surface area contributed by atoms with E-state index in [0.29, 0.717) is 0 Å². The Labute approximate surface area is 152 Å². The highest BCUT2D eigenvalue weighted by Gasteiger charge is 2.38. The van der Waals surface area contributed by atoms with E-state index in [1.54, 1.807) is 12.1 Å². The number of fused-ring (bicyclic) bond motifs is 1. The molecule has 140 valence electrons. The number of halogens is 3. The zero-order chi connectivity index (χ0) is 19.8. The largest absolute Gasteiger partial charge is 0.456 e. The molecule has 0 saturated heterocycles. The fourth-order valence-electron chi connectivity index (χ4n) is 2.92. The number of nitrogens with zero attached hydrogens (tertiary/aromatic N) is 1. The van der Waals surface area contributed by atoms with Crippen LogP contribution in [0.1, 0.15) is 44.9 Å². The Kier molecular flexibility index (Phi) is 4.73. The van der Waals surface area contributed by atoms with Crippen LogP contribution in [0, 0.1) is 0 Å². The van der Waals surface area contributed by atoms with Gasteiger partial charge in [0.1, 0.15) is 12.6 Å². The second-order valence-corrected chi connectivity index (χ2v) is 5.96. The van der Waals surface area contributed by atoms with Crippen molar-refractivity contribution in [2.75, 3.05) is 6.54 Å². The molecule has 3 rings (SSSR count). The lowest BCUT2D eigenvalue weighted by molar-refractivity contribution is -0.151. The fraction of sp³-hybridized carbons (Fsp3) is 0.211. The molecule has 0 saturated carbocycles. The lowest BCUT2D eigenvalue weighted by Gasteiger charge is -2.20. The number of hydrogen-bond acceptors (Lipinski definition) is 4. The Morgan fingerprint density at radius 3 is 2.07 bits per heavy atom. The Morgan fingerprint density at radius 1 is 1.00 bits per heavy atom. The van der Waals surface area contributed by atoms with Gasteiger partial charge in [0.15, 0.2) is 0 Å². The maximum absolute atomic E-state index is 13.1. The predicted molar refractivity (Wildman–Crippen MR) is 87.8 cm³/mol. The molecule has 8 heteroatoms. The molecule has 1 aliphatic heterocycles. The summed E-state index contributed by atoms with van der Waals surface area (Å²) in [4.78, 5) is 37.3. The van der Waals surface area contributed by atoms with Gasteiger partial charge in [-0.3, -0.25) is 19.3 Å². The highest BCUT2D eigenvalue weighted by Crippen LogP contribution is 2.35. The molecule has 1 heterocycles. The summed E-state index contributed by atoms with van der Waals surface area (Å²) >= 11 is 0. The van der Waals surface area contributed by atoms with Crippen molar-refractivity contribution in [3.05, 3.63) is 70.8 Å². The SMILES string of the molecule is C[C@H](OC(=O)CN1C(=O)c2ccccc2C1=O)c1ccccc1C(F)(F)F. The van der Waals surface area contributed by atoms with Gasteiger partial charge in [0.25, 0.3) is 11.8 Å². The van der Waals surface area contributed by atoms with E-state index in [1.807, 2.05) is 0 Å². The molecular formula is C19H14F3NO4. The van der Waals surface area contributed by atoms with E-state index < -0.39 is 42.2 Å². The van der Waals surface area contributed by atoms with Gasteiger partial charge in [0.2, 0.25) is 0 Å². The molecule has 27 heavy (non-hydrogen) atoms. The van der Waals surface area contributed by atoms with Crippen LogP contribution in [0.3, 0.4) is 0 Å². The number of benzene rings is 2. The first-order chi connectivity index (χ1) is 12.7. The molecule has 1 aliphatic rings. The average molecular weight is 377 g/mol. The number of carbonyl (C=O) groups is 3. The fourth-order valence-corrected chi connectivity index (χ4v) is 2.92. The van der Waals surface area contributed by atoms with Gasteiger partial charge in [-0.15, -0.1) is 0 Å². The van der Waals surface area contributed by atoms with Crippen LogP contribution < -0.4 is 0 Å². The Bertz CT molecular complexity index is 888. The summed E-state index contributed by atoms with van der Waals surface area (Å²) in [5.41, 5.74) is -0.775. The molecule has 2 aromatic carbocycles. The zero-order valence-corrected chi connectivity index (χ0v) is 14.1. The maximum atomic E-state index is 13.1. The van der Waals surface area contributed by atoms with Gasteiger partial charge in [-0.05, 0) is 25.1 Å². The molecule has 0 aromatic heterocycles. The lowest BCUT2D eigenvalue weighted by Crippen LogP contribution is -2.36. The van der Waals surface area contributed by atoms with Crippen LogP contribution in [0.15, 0.2) is 48.5 Å². The molecule has 0 unspecified atom stereocenters. The van der Waals surface area contributed by atoms with Crippen LogP contribution in [-0.2, 0) is 15.7 Å². The highest BCUT2D eigenvalue weighted by atomic mass is 19.4. The smallest absolute Gasteiger partial charge is 0.416 e. The molecule has 0 radical (unpaired) electrons. The van der Waals surface area contributed by atoms with Gasteiger partial charge in [0.05, 0.1) is 16.7 Å². The number of carbonyl (C=O) groups excluding carboxylic acids is 3. The molecule has 0 fully saturated rings. The topological polar surface area (TPSA) is 63.7 Å². The van der Waals surface area contributed by atoms with E-state index in [1.165, 1.54) is 37.3 Å². The molecule has 1 atom stereocenters. The Morgan fingerprint density at radius 2 is 1.52 bits per heavy atom. The lowest BCUT2D eigenvalue weighted by atomic mass is 10.0. The average Bonchev–Trinajstić information content (AvgIpc) is 2.86. The number of esters is 1. The van der Waals surface area contributed by atoms with Crippen LogP contribution >= 0.6 is 0 Å². The Hall–Kier alpha value is -3.16. The van der Waals surface area contributed by atoms with E-state index in [0.717, 1.165) is 11.0 Å². The predicted octanol–water partition coefficient (Wildman–Crippen LogP) is 3.61. The molecular weight excluding hydrogens is 363 g/mol. The first-order valence-corrected chi connectivity index (χ1v) is 8.01. The number of amides is 2. The molecule has 2 amide bonds. The number of imide groups is 1. The second kappa shape index (κ2) is 6.86. The summed E-state index contributed by atoms with van der Waals surface area (Å²) in [5, 5.41) is 0. The number of ether oxygens (including phenoxy) is 1. The minimum absolute atomic E-state index is 0.172. The van der Waals surface area contributed by atoms with Gasteiger partial charge in [0, 0.05) is 5.56 Å². The molecule has 0 N–H and O–H groups in total. The van der Waals surface area contributed by atoms with Crippen LogP contribution in [0.4, 0.5) is 13.2 Å². The summed E-state index contributed by atoms with van der Waals surface area (Å²) in [5.74, 6) is -2.26. The van der Waals surface area contributed by atoms with Crippen LogP contribution in [0.5, 0.6) is 0 Å². The molecule has 5 nitrogen and oxygen atoms in total. The van der Waals surface area contributed by atoms with Crippen LogP contribution in [0.2, 0.25) is 0 Å². The van der Waals surface area contributed by atoms with Crippen molar-refractivity contribution in [3.63, 3.8) is 0 Å². The Balaban J connectivity index is 1.73. The molecule has 0 aliphatic carbocycles. The van der Waals surface area contributed by atoms with Crippen molar-refractivity contribution in [2.24, 2.45) is 0 Å². The third kappa shape index (κ3) is 3.55. The van der Waals surface area contributed by atoms with Crippen molar-refractivity contribution in [1.29, 1.82) is 0 Å². The van der Waals surface area contributed by atoms with Gasteiger partial charge < -0.3 is 4.74 Å². The number of alkyl halides is 3. The number of rotatable bonds is 4. The first kappa shape index (κ1) is 18.6. The monoisotopic (exact) mass is 377 g/mol. The van der Waals surface area contributed by atoms with Crippen LogP contribution in [-0.4, -0.2) is 29.2 Å². The van der Waals surface area contributed by atoms with Gasteiger partial charge >= 0.3 is 12.1 Å². The van der Waals surface area contributed by atoms with Crippen molar-refractivity contribution in [3.8, 4) is 0 Å². The maximum Gasteiger partial charge on any atom is 0.416 e. The standard InChI is InChI=1S/C19H14F3NO4/c1-11(12-6-4-5-9-15(12)19(20,21)22)27-16(24)10-23-17(25)13-7-2-3-8-14(13)18(23)26/h2-9,11H,10H2,1H3/t11-/m0/s1. The van der Waals surface area contributed by atoms with E-state index >= 15 is 0 Å². The molecule has 0 bridgehead atoms. The summed E-state index contributed by atoms with van der Waals surface area (Å²) < 4.78 is 44.3. The van der Waals surface area contributed by atoms with Crippen molar-refractivity contribution in [2.45, 2.75) is 19.2 Å². The third-order valence-electron chi connectivity index (χ3n) is 4.18. The van der Waals surface area contributed by atoms with E-state index in [4.69, 9.17) is 4.74 Å². The van der Waals surface area contributed by atoms with E-state index in [2.05, 4.69) is 0 Å². The molecule has 0 spiro atoms. The summed E-state index contributed by atoms with van der Waals surface area (Å²) in [6.07, 6.45) is -5.80. The zero-order valence-electron chi connectivity index (χ0n) is 14.1. The number of hydrogen-bond donors (Lipinski definition) is 0. The first-order valence-electron chi connectivity index (χ1n) is 8.01. The quantitative estimate of drug-likeness (QED) is 0.603. The summed E-state index contributed by atoms with van der Waals surface area (Å²) in [7, 11) is 0. The summed E-state index contributed by atoms with van der Waals surface area (Å²) in [6.45, 7) is 0.621. The summed E-state index contributed by atoms with van der Waals surface area (Å²) in [6, 6.07) is 10.8. The second-order valence-electron chi connectivity index (χ2n) is 5.96. The van der Waals surface area contributed by atoms with Crippen LogP contribution in [0.25, 0.3) is 0 Å². The van der Waals surface area contributed by atoms with E-state index in [-0.39, 0.29) is 16.7 Å². The third-order valence-corrected chi connectivity index (χ3v) is 4.18. The van der Waals surface area contributed by atoms with Crippen molar-refractivity contribution >= 4 is 17.8 Å². The van der Waals surface area contributed by atoms with Crippen molar-refractivity contribution in [1.82, 2.24) is 4.90 Å².